The number of nitrogens with zero attached hydrogens (tertiary/aromatic N) is 4. The Bertz CT molecular complexity index is 717. The van der Waals surface area contributed by atoms with Crippen LogP contribution in [0.5, 0.6) is 0 Å². The number of hydrogen-bond donors (Lipinski definition) is 0. The van der Waals surface area contributed by atoms with Crippen LogP contribution in [0.25, 0.3) is 5.69 Å². The molecule has 1 aromatic carbocycles. The number of piperidine rings is 1. The number of hydrogen-bond acceptors (Lipinski definition) is 3. The molecule has 1 fully saturated rings. The van der Waals surface area contributed by atoms with Gasteiger partial charge < -0.3 is 4.90 Å². The lowest BCUT2D eigenvalue weighted by atomic mass is 9.91. The summed E-state index contributed by atoms with van der Waals surface area (Å²) in [6.07, 6.45) is 5.13. The molecular formula is C21H30N4O. The van der Waals surface area contributed by atoms with Crippen molar-refractivity contribution in [3.63, 3.8) is 0 Å². The van der Waals surface area contributed by atoms with Gasteiger partial charge >= 0.3 is 0 Å². The van der Waals surface area contributed by atoms with E-state index in [9.17, 15) is 4.79 Å². The molecule has 2 aromatic rings. The summed E-state index contributed by atoms with van der Waals surface area (Å²) in [5.74, 6) is 1.41. The van der Waals surface area contributed by atoms with Crippen LogP contribution in [-0.4, -0.2) is 51.7 Å². The van der Waals surface area contributed by atoms with Crippen molar-refractivity contribution < 1.29 is 4.79 Å². The van der Waals surface area contributed by atoms with Crippen molar-refractivity contribution in [2.24, 2.45) is 11.8 Å². The minimum Gasteiger partial charge on any atom is -0.341 e. The molecule has 140 valence electrons. The summed E-state index contributed by atoms with van der Waals surface area (Å²) in [5.41, 5.74) is 2.15. The Hall–Kier alpha value is -2.14. The van der Waals surface area contributed by atoms with Crippen LogP contribution in [0.1, 0.15) is 32.8 Å². The van der Waals surface area contributed by atoms with Gasteiger partial charge in [0.1, 0.15) is 0 Å². The molecule has 5 nitrogen and oxygen atoms in total. The monoisotopic (exact) mass is 354 g/mol. The zero-order chi connectivity index (χ0) is 18.7. The topological polar surface area (TPSA) is 41.4 Å². The summed E-state index contributed by atoms with van der Waals surface area (Å²) in [7, 11) is 2.01. The SMILES string of the molecule is CC1CC(C)CN(C(=O)C(C)N(C)Cc2cnn(-c3ccccc3)c2)C1. The normalized spacial score (nSPS) is 21.8. The van der Waals surface area contributed by atoms with E-state index in [4.69, 9.17) is 0 Å². The van der Waals surface area contributed by atoms with E-state index in [0.717, 1.165) is 24.3 Å². The molecule has 3 atom stereocenters. The molecule has 0 N–H and O–H groups in total. The first-order valence-corrected chi connectivity index (χ1v) is 9.52. The minimum atomic E-state index is -0.132. The number of likely N-dealkylation sites (tertiary alicyclic amines) is 1. The number of carbonyl (C=O) groups excluding carboxylic acids is 1. The Morgan fingerprint density at radius 1 is 1.23 bits per heavy atom. The van der Waals surface area contributed by atoms with E-state index in [1.165, 1.54) is 6.42 Å². The van der Waals surface area contributed by atoms with Gasteiger partial charge in [0.2, 0.25) is 5.91 Å². The van der Waals surface area contributed by atoms with Crippen LogP contribution in [0.15, 0.2) is 42.7 Å². The van der Waals surface area contributed by atoms with Gasteiger partial charge in [-0.25, -0.2) is 4.68 Å². The maximum atomic E-state index is 12.9. The smallest absolute Gasteiger partial charge is 0.239 e. The number of likely N-dealkylation sites (N-methyl/N-ethyl adjacent to an activating group) is 1. The number of rotatable bonds is 5. The summed E-state index contributed by atoms with van der Waals surface area (Å²) in [4.78, 5) is 17.1. The van der Waals surface area contributed by atoms with Gasteiger partial charge in [0.25, 0.3) is 0 Å². The number of amides is 1. The van der Waals surface area contributed by atoms with Crippen molar-refractivity contribution in [3.8, 4) is 5.69 Å². The highest BCUT2D eigenvalue weighted by Crippen LogP contribution is 2.22. The average Bonchev–Trinajstić information content (AvgIpc) is 3.09. The first kappa shape index (κ1) is 18.6. The van der Waals surface area contributed by atoms with E-state index in [1.54, 1.807) is 0 Å². The lowest BCUT2D eigenvalue weighted by molar-refractivity contribution is -0.138. The second kappa shape index (κ2) is 8.04. The summed E-state index contributed by atoms with van der Waals surface area (Å²) >= 11 is 0. The van der Waals surface area contributed by atoms with Gasteiger partial charge in [0.05, 0.1) is 17.9 Å². The minimum absolute atomic E-state index is 0.132. The fourth-order valence-electron chi connectivity index (χ4n) is 3.88. The molecule has 1 aromatic heterocycles. The third-order valence-corrected chi connectivity index (χ3v) is 5.29. The average molecular weight is 354 g/mol. The number of benzene rings is 1. The molecule has 1 aliphatic rings. The molecule has 0 saturated carbocycles. The predicted molar refractivity (Wildman–Crippen MR) is 104 cm³/mol. The van der Waals surface area contributed by atoms with E-state index in [0.29, 0.717) is 18.4 Å². The molecule has 0 radical (unpaired) electrons. The molecule has 0 aliphatic carbocycles. The van der Waals surface area contributed by atoms with Gasteiger partial charge in [0, 0.05) is 31.4 Å². The fourth-order valence-corrected chi connectivity index (χ4v) is 3.88. The third-order valence-electron chi connectivity index (χ3n) is 5.29. The van der Waals surface area contributed by atoms with Crippen molar-refractivity contribution in [2.45, 2.75) is 39.8 Å². The highest BCUT2D eigenvalue weighted by molar-refractivity contribution is 5.81. The molecular weight excluding hydrogens is 324 g/mol. The van der Waals surface area contributed by atoms with Crippen LogP contribution in [0.2, 0.25) is 0 Å². The zero-order valence-corrected chi connectivity index (χ0v) is 16.3. The number of aromatic nitrogens is 2. The van der Waals surface area contributed by atoms with Gasteiger partial charge in [-0.3, -0.25) is 9.69 Å². The largest absolute Gasteiger partial charge is 0.341 e. The van der Waals surface area contributed by atoms with Gasteiger partial charge in [-0.15, -0.1) is 0 Å². The van der Waals surface area contributed by atoms with Crippen molar-refractivity contribution in [2.75, 3.05) is 20.1 Å². The second-order valence-electron chi connectivity index (χ2n) is 7.91. The lowest BCUT2D eigenvalue weighted by Crippen LogP contribution is -2.50. The Morgan fingerprint density at radius 2 is 1.88 bits per heavy atom. The summed E-state index contributed by atoms with van der Waals surface area (Å²) in [5, 5.41) is 4.45. The molecule has 1 saturated heterocycles. The van der Waals surface area contributed by atoms with Crippen LogP contribution < -0.4 is 0 Å². The van der Waals surface area contributed by atoms with E-state index in [2.05, 4.69) is 23.8 Å². The van der Waals surface area contributed by atoms with Crippen molar-refractivity contribution >= 4 is 5.91 Å². The second-order valence-corrected chi connectivity index (χ2v) is 7.91. The van der Waals surface area contributed by atoms with E-state index in [-0.39, 0.29) is 11.9 Å². The van der Waals surface area contributed by atoms with Crippen molar-refractivity contribution in [1.29, 1.82) is 0 Å². The van der Waals surface area contributed by atoms with Crippen molar-refractivity contribution in [1.82, 2.24) is 19.6 Å². The predicted octanol–water partition coefficient (Wildman–Crippen LogP) is 3.20. The van der Waals surface area contributed by atoms with Crippen LogP contribution in [0.3, 0.4) is 0 Å². The van der Waals surface area contributed by atoms with Crippen LogP contribution in [-0.2, 0) is 11.3 Å². The Balaban J connectivity index is 1.61. The van der Waals surface area contributed by atoms with Crippen molar-refractivity contribution in [3.05, 3.63) is 48.3 Å². The van der Waals surface area contributed by atoms with Gasteiger partial charge in [-0.1, -0.05) is 32.0 Å². The first-order chi connectivity index (χ1) is 12.4. The summed E-state index contributed by atoms with van der Waals surface area (Å²) in [6.45, 7) is 8.96. The highest BCUT2D eigenvalue weighted by atomic mass is 16.2. The maximum Gasteiger partial charge on any atom is 0.239 e. The molecule has 5 heteroatoms. The van der Waals surface area contributed by atoms with Gasteiger partial charge in [-0.2, -0.15) is 5.10 Å². The third kappa shape index (κ3) is 4.33. The summed E-state index contributed by atoms with van der Waals surface area (Å²) < 4.78 is 1.88. The van der Waals surface area contributed by atoms with E-state index in [1.807, 2.05) is 66.3 Å². The van der Waals surface area contributed by atoms with Crippen LogP contribution in [0, 0.1) is 11.8 Å². The first-order valence-electron chi connectivity index (χ1n) is 9.52. The molecule has 3 rings (SSSR count). The zero-order valence-electron chi connectivity index (χ0n) is 16.3. The summed E-state index contributed by atoms with van der Waals surface area (Å²) in [6, 6.07) is 9.94. The standard InChI is InChI=1S/C21H30N4O/c1-16-10-17(2)13-24(12-16)21(26)18(3)23(4)14-19-11-22-25(15-19)20-8-6-5-7-9-20/h5-9,11,15-18H,10,12-14H2,1-4H3. The molecule has 0 bridgehead atoms. The molecule has 1 aliphatic heterocycles. The van der Waals surface area contributed by atoms with Gasteiger partial charge in [0.15, 0.2) is 0 Å². The highest BCUT2D eigenvalue weighted by Gasteiger charge is 2.29. The Morgan fingerprint density at radius 3 is 2.54 bits per heavy atom. The van der Waals surface area contributed by atoms with E-state index >= 15 is 0 Å². The quantitative estimate of drug-likeness (QED) is 0.828. The fraction of sp³-hybridized carbons (Fsp3) is 0.524. The Labute approximate surface area is 156 Å². The molecule has 26 heavy (non-hydrogen) atoms. The molecule has 0 spiro atoms. The van der Waals surface area contributed by atoms with Gasteiger partial charge in [-0.05, 0) is 44.4 Å². The molecule has 3 unspecified atom stereocenters. The van der Waals surface area contributed by atoms with Crippen LogP contribution >= 0.6 is 0 Å². The number of carbonyl (C=O) groups is 1. The maximum absolute atomic E-state index is 12.9. The van der Waals surface area contributed by atoms with Crippen LogP contribution in [0.4, 0.5) is 0 Å². The molecule has 2 heterocycles. The Kier molecular flexibility index (Phi) is 5.77. The molecule has 1 amide bonds. The number of para-hydroxylation sites is 1. The van der Waals surface area contributed by atoms with E-state index < -0.39 is 0 Å². The lowest BCUT2D eigenvalue weighted by Gasteiger charge is -2.38.